The van der Waals surface area contributed by atoms with Gasteiger partial charge in [-0.1, -0.05) is 24.6 Å². The average Bonchev–Trinajstić information content (AvgIpc) is 3.19. The number of hydrogen-bond donors (Lipinski definition) is 2. The summed E-state index contributed by atoms with van der Waals surface area (Å²) in [5.41, 5.74) is 7.94. The first-order valence-electron chi connectivity index (χ1n) is 13.2. The fourth-order valence-electron chi connectivity index (χ4n) is 4.83. The molecule has 1 fully saturated rings. The molecule has 1 aromatic heterocycles. The third-order valence-corrected chi connectivity index (χ3v) is 7.76. The van der Waals surface area contributed by atoms with E-state index in [2.05, 4.69) is 16.3 Å². The third-order valence-electron chi connectivity index (χ3n) is 7.76. The van der Waals surface area contributed by atoms with Crippen molar-refractivity contribution in [3.8, 4) is 17.2 Å². The number of ether oxygens (including phenoxy) is 1. The van der Waals surface area contributed by atoms with Gasteiger partial charge in [0.15, 0.2) is 5.58 Å². The number of amides is 1. The van der Waals surface area contributed by atoms with Crippen LogP contribution in [0, 0.1) is 23.1 Å². The van der Waals surface area contributed by atoms with Crippen LogP contribution < -0.4 is 16.8 Å². The van der Waals surface area contributed by atoms with Gasteiger partial charge in [-0.15, -0.1) is 0 Å². The number of nitrogens with two attached hydrogens (primary N) is 1. The number of halogens is 1. The van der Waals surface area contributed by atoms with Gasteiger partial charge in [-0.25, -0.2) is 9.18 Å². The van der Waals surface area contributed by atoms with E-state index >= 15 is 4.39 Å². The Morgan fingerprint density at radius 2 is 2.03 bits per heavy atom. The van der Waals surface area contributed by atoms with Crippen LogP contribution in [0.1, 0.15) is 31.7 Å². The summed E-state index contributed by atoms with van der Waals surface area (Å²) < 4.78 is 27.2. The molecule has 0 radical (unpaired) electrons. The zero-order valence-electron chi connectivity index (χ0n) is 22.7. The first-order valence-corrected chi connectivity index (χ1v) is 13.2. The maximum absolute atomic E-state index is 15.2. The van der Waals surface area contributed by atoms with E-state index in [-0.39, 0.29) is 18.2 Å². The number of rotatable bonds is 12. The van der Waals surface area contributed by atoms with Gasteiger partial charge in [-0.3, -0.25) is 9.36 Å². The Hall–Kier alpha value is -3.52. The number of carbonyl (C=O) groups is 1. The van der Waals surface area contributed by atoms with Gasteiger partial charge in [0.25, 0.3) is 0 Å². The number of likely N-dealkylation sites (N-methyl/N-ethyl adjacent to an activating group) is 1. The largest absolute Gasteiger partial charge is 0.419 e. The summed E-state index contributed by atoms with van der Waals surface area (Å²) in [4.78, 5) is 27.3. The average molecular weight is 538 g/mol. The maximum Gasteiger partial charge on any atom is 0.419 e. The van der Waals surface area contributed by atoms with Gasteiger partial charge in [-0.2, -0.15) is 5.26 Å². The molecule has 2 aromatic carbocycles. The second-order valence-electron chi connectivity index (χ2n) is 10.6. The van der Waals surface area contributed by atoms with Crippen molar-refractivity contribution in [1.82, 2.24) is 14.8 Å². The minimum atomic E-state index is -1.05. The van der Waals surface area contributed by atoms with Gasteiger partial charge in [0.2, 0.25) is 5.91 Å². The van der Waals surface area contributed by atoms with Gasteiger partial charge in [0.1, 0.15) is 11.9 Å². The van der Waals surface area contributed by atoms with Crippen LogP contribution in [0.15, 0.2) is 45.6 Å². The monoisotopic (exact) mass is 537 g/mol. The van der Waals surface area contributed by atoms with E-state index in [4.69, 9.17) is 14.9 Å². The molecule has 39 heavy (non-hydrogen) atoms. The van der Waals surface area contributed by atoms with E-state index in [1.165, 1.54) is 6.07 Å². The van der Waals surface area contributed by atoms with Crippen molar-refractivity contribution in [3.63, 3.8) is 0 Å². The molecule has 1 unspecified atom stereocenters. The van der Waals surface area contributed by atoms with E-state index in [0.717, 1.165) is 31.4 Å². The van der Waals surface area contributed by atoms with E-state index in [1.54, 1.807) is 42.9 Å². The SMILES string of the molecule is COCCN(C)CCn1c(=O)oc2ccc(-c3ccc(C[C@@H](C#N)NC(=O)C(C)(N)C4CCC4)c(F)c3)cc21. The Kier molecular flexibility index (Phi) is 8.85. The highest BCUT2D eigenvalue weighted by molar-refractivity contribution is 5.86. The van der Waals surface area contributed by atoms with Crippen LogP contribution in [0.5, 0.6) is 0 Å². The van der Waals surface area contributed by atoms with Gasteiger partial charge >= 0.3 is 5.76 Å². The Labute approximate surface area is 227 Å². The molecule has 10 heteroatoms. The Morgan fingerprint density at radius 1 is 1.31 bits per heavy atom. The number of hydrogen-bond acceptors (Lipinski definition) is 7. The third kappa shape index (κ3) is 6.38. The molecule has 0 spiro atoms. The summed E-state index contributed by atoms with van der Waals surface area (Å²) in [7, 11) is 3.60. The number of methoxy groups -OCH3 is 1. The molecule has 1 amide bonds. The number of carbonyl (C=O) groups excluding carboxylic acids is 1. The summed E-state index contributed by atoms with van der Waals surface area (Å²) in [6.45, 7) is 4.09. The molecule has 0 bridgehead atoms. The van der Waals surface area contributed by atoms with E-state index in [0.29, 0.717) is 41.9 Å². The molecule has 208 valence electrons. The highest BCUT2D eigenvalue weighted by Gasteiger charge is 2.41. The number of nitriles is 1. The number of oxazole rings is 1. The van der Waals surface area contributed by atoms with Crippen molar-refractivity contribution >= 4 is 17.0 Å². The summed E-state index contributed by atoms with van der Waals surface area (Å²) in [5, 5.41) is 12.3. The number of benzene rings is 2. The lowest BCUT2D eigenvalue weighted by molar-refractivity contribution is -0.129. The van der Waals surface area contributed by atoms with Gasteiger partial charge in [0, 0.05) is 33.2 Å². The topological polar surface area (TPSA) is 127 Å². The lowest BCUT2D eigenvalue weighted by Crippen LogP contribution is -2.60. The van der Waals surface area contributed by atoms with Crippen LogP contribution in [-0.2, 0) is 22.5 Å². The predicted molar refractivity (Wildman–Crippen MR) is 146 cm³/mol. The second-order valence-corrected chi connectivity index (χ2v) is 10.6. The summed E-state index contributed by atoms with van der Waals surface area (Å²) in [5.74, 6) is -1.23. The molecule has 3 N–H and O–H groups in total. The zero-order chi connectivity index (χ0) is 28.2. The Balaban J connectivity index is 1.48. The number of nitrogens with zero attached hydrogens (tertiary/aromatic N) is 3. The molecule has 1 aliphatic carbocycles. The molecule has 0 aliphatic heterocycles. The molecule has 4 rings (SSSR count). The Bertz CT molecular complexity index is 1420. The highest BCUT2D eigenvalue weighted by atomic mass is 19.1. The normalized spacial score (nSPS) is 16.0. The smallest absolute Gasteiger partial charge is 0.408 e. The fraction of sp³-hybridized carbons (Fsp3) is 0.483. The molecular weight excluding hydrogens is 501 g/mol. The molecule has 9 nitrogen and oxygen atoms in total. The maximum atomic E-state index is 15.2. The first kappa shape index (κ1) is 28.5. The minimum Gasteiger partial charge on any atom is -0.408 e. The second kappa shape index (κ2) is 12.1. The molecular formula is C29H36FN5O4. The standard InChI is InChI=1S/C29H36FN5O4/c1-29(32,22-5-4-6-22)27(36)33-23(18-31)15-21-8-7-19(16-24(21)30)20-9-10-26-25(17-20)35(28(37)39-26)12-11-34(2)13-14-38-3/h7-10,16-17,22-23H,4-6,11-15,32H2,1-3H3,(H,33,36)/t23-,29?/m0/s1. The predicted octanol–water partition coefficient (Wildman–Crippen LogP) is 3.05. The molecule has 1 saturated carbocycles. The summed E-state index contributed by atoms with van der Waals surface area (Å²) in [6, 6.07) is 11.2. The molecule has 0 saturated heterocycles. The zero-order valence-corrected chi connectivity index (χ0v) is 22.7. The van der Waals surface area contributed by atoms with Crippen molar-refractivity contribution in [2.75, 3.05) is 33.9 Å². The quantitative estimate of drug-likeness (QED) is 0.364. The van der Waals surface area contributed by atoms with Crippen molar-refractivity contribution < 1.29 is 18.3 Å². The van der Waals surface area contributed by atoms with Crippen molar-refractivity contribution in [2.45, 2.75) is 50.7 Å². The number of aromatic nitrogens is 1. The van der Waals surface area contributed by atoms with Gasteiger partial charge < -0.3 is 25.1 Å². The van der Waals surface area contributed by atoms with Gasteiger partial charge in [-0.05, 0) is 67.6 Å². The lowest BCUT2D eigenvalue weighted by atomic mass is 9.71. The molecule has 3 aromatic rings. The van der Waals surface area contributed by atoms with Crippen LogP contribution in [0.25, 0.3) is 22.2 Å². The highest BCUT2D eigenvalue weighted by Crippen LogP contribution is 2.35. The molecule has 1 aliphatic rings. The van der Waals surface area contributed by atoms with Crippen molar-refractivity contribution in [3.05, 3.63) is 58.3 Å². The summed E-state index contributed by atoms with van der Waals surface area (Å²) >= 11 is 0. The fourth-order valence-corrected chi connectivity index (χ4v) is 4.83. The molecule has 1 heterocycles. The number of fused-ring (bicyclic) bond motifs is 1. The van der Waals surface area contributed by atoms with Gasteiger partial charge in [0.05, 0.1) is 23.7 Å². The van der Waals surface area contributed by atoms with Crippen molar-refractivity contribution in [2.24, 2.45) is 11.7 Å². The van der Waals surface area contributed by atoms with E-state index < -0.39 is 23.2 Å². The lowest BCUT2D eigenvalue weighted by Gasteiger charge is -2.39. The van der Waals surface area contributed by atoms with E-state index in [9.17, 15) is 14.9 Å². The van der Waals surface area contributed by atoms with Crippen LogP contribution in [0.3, 0.4) is 0 Å². The Morgan fingerprint density at radius 3 is 2.67 bits per heavy atom. The van der Waals surface area contributed by atoms with Crippen molar-refractivity contribution in [1.29, 1.82) is 5.26 Å². The van der Waals surface area contributed by atoms with Crippen LogP contribution in [0.2, 0.25) is 0 Å². The van der Waals surface area contributed by atoms with Crippen LogP contribution >= 0.6 is 0 Å². The summed E-state index contributed by atoms with van der Waals surface area (Å²) in [6.07, 6.45) is 2.84. The molecule has 2 atom stereocenters. The van der Waals surface area contributed by atoms with Crippen LogP contribution in [0.4, 0.5) is 4.39 Å². The minimum absolute atomic E-state index is 0.0198. The number of nitrogens with one attached hydrogen (secondary N) is 1. The van der Waals surface area contributed by atoms with Crippen LogP contribution in [-0.4, -0.2) is 60.8 Å². The van der Waals surface area contributed by atoms with E-state index in [1.807, 2.05) is 13.1 Å². The first-order chi connectivity index (χ1) is 18.6.